The fourth-order valence-corrected chi connectivity index (χ4v) is 2.70. The molecule has 0 bridgehead atoms. The second-order valence-corrected chi connectivity index (χ2v) is 5.95. The first kappa shape index (κ1) is 16.5. The quantitative estimate of drug-likeness (QED) is 0.894. The third-order valence-corrected chi connectivity index (χ3v) is 4.41. The number of carbonyl (C=O) groups excluding carboxylic acids is 2. The van der Waals surface area contributed by atoms with Crippen LogP contribution in [0.1, 0.15) is 32.3 Å². The standard InChI is InChI=1S/C16H20ClN3O2/c1-4-14-10(3)12(16(22)20-19-14)8-15(21)18-11-6-5-9(2)13(17)7-11/h5-7,10,12H,4,8H2,1-3H3,(H,18,21)(H,20,22)/t10-,12+/m1/s1. The number of rotatable bonds is 4. The van der Waals surface area contributed by atoms with Crippen molar-refractivity contribution < 1.29 is 9.59 Å². The molecule has 1 heterocycles. The third kappa shape index (κ3) is 3.65. The average molecular weight is 322 g/mol. The summed E-state index contributed by atoms with van der Waals surface area (Å²) in [6.45, 7) is 5.81. The van der Waals surface area contributed by atoms with Crippen LogP contribution in [0.3, 0.4) is 0 Å². The Labute approximate surface area is 135 Å². The Hall–Kier alpha value is -1.88. The van der Waals surface area contributed by atoms with Crippen molar-refractivity contribution in [3.63, 3.8) is 0 Å². The molecule has 5 nitrogen and oxygen atoms in total. The summed E-state index contributed by atoms with van der Waals surface area (Å²) >= 11 is 6.04. The molecule has 1 aromatic rings. The number of halogens is 1. The van der Waals surface area contributed by atoms with E-state index in [1.807, 2.05) is 26.8 Å². The Morgan fingerprint density at radius 1 is 1.45 bits per heavy atom. The maximum atomic E-state index is 12.2. The van der Waals surface area contributed by atoms with Crippen molar-refractivity contribution in [1.29, 1.82) is 0 Å². The topological polar surface area (TPSA) is 70.6 Å². The number of hydrazone groups is 1. The van der Waals surface area contributed by atoms with Gasteiger partial charge in [0.1, 0.15) is 0 Å². The molecular formula is C16H20ClN3O2. The molecule has 0 saturated carbocycles. The molecule has 0 aliphatic carbocycles. The zero-order valence-electron chi connectivity index (χ0n) is 12.9. The monoisotopic (exact) mass is 321 g/mol. The summed E-state index contributed by atoms with van der Waals surface area (Å²) < 4.78 is 0. The van der Waals surface area contributed by atoms with Gasteiger partial charge in [-0.25, -0.2) is 5.43 Å². The van der Waals surface area contributed by atoms with Crippen LogP contribution in [0.2, 0.25) is 5.02 Å². The lowest BCUT2D eigenvalue weighted by Crippen LogP contribution is -2.42. The minimum atomic E-state index is -0.395. The highest BCUT2D eigenvalue weighted by Crippen LogP contribution is 2.24. The summed E-state index contributed by atoms with van der Waals surface area (Å²) in [5.41, 5.74) is 4.99. The number of amides is 2. The number of benzene rings is 1. The normalized spacial score (nSPS) is 21.1. The molecule has 2 atom stereocenters. The number of hydrogen-bond acceptors (Lipinski definition) is 3. The highest BCUT2D eigenvalue weighted by molar-refractivity contribution is 6.31. The Morgan fingerprint density at radius 3 is 2.82 bits per heavy atom. The highest BCUT2D eigenvalue weighted by atomic mass is 35.5. The van der Waals surface area contributed by atoms with E-state index in [9.17, 15) is 9.59 Å². The maximum absolute atomic E-state index is 12.2. The summed E-state index contributed by atoms with van der Waals surface area (Å²) in [4.78, 5) is 24.1. The van der Waals surface area contributed by atoms with Gasteiger partial charge < -0.3 is 5.32 Å². The van der Waals surface area contributed by atoms with Gasteiger partial charge in [0, 0.05) is 28.8 Å². The molecule has 0 spiro atoms. The van der Waals surface area contributed by atoms with Gasteiger partial charge in [-0.15, -0.1) is 0 Å². The third-order valence-electron chi connectivity index (χ3n) is 4.00. The van der Waals surface area contributed by atoms with E-state index in [4.69, 9.17) is 11.6 Å². The predicted molar refractivity (Wildman–Crippen MR) is 88.0 cm³/mol. The van der Waals surface area contributed by atoms with Crippen LogP contribution < -0.4 is 10.7 Å². The van der Waals surface area contributed by atoms with Crippen molar-refractivity contribution >= 4 is 34.8 Å². The van der Waals surface area contributed by atoms with Crippen molar-refractivity contribution in [3.8, 4) is 0 Å². The zero-order valence-corrected chi connectivity index (χ0v) is 13.7. The molecule has 2 rings (SSSR count). The van der Waals surface area contributed by atoms with E-state index in [-0.39, 0.29) is 24.2 Å². The van der Waals surface area contributed by atoms with Gasteiger partial charge in [-0.2, -0.15) is 5.10 Å². The molecule has 118 valence electrons. The lowest BCUT2D eigenvalue weighted by molar-refractivity contribution is -0.130. The predicted octanol–water partition coefficient (Wildman–Crippen LogP) is 3.13. The summed E-state index contributed by atoms with van der Waals surface area (Å²) in [7, 11) is 0. The number of aryl methyl sites for hydroxylation is 1. The van der Waals surface area contributed by atoms with Gasteiger partial charge in [-0.3, -0.25) is 9.59 Å². The van der Waals surface area contributed by atoms with E-state index >= 15 is 0 Å². The van der Waals surface area contributed by atoms with Crippen LogP contribution >= 0.6 is 11.6 Å². The maximum Gasteiger partial charge on any atom is 0.244 e. The number of hydrogen-bond donors (Lipinski definition) is 2. The Balaban J connectivity index is 2.03. The minimum Gasteiger partial charge on any atom is -0.326 e. The van der Waals surface area contributed by atoms with Crippen molar-refractivity contribution in [2.24, 2.45) is 16.9 Å². The van der Waals surface area contributed by atoms with E-state index in [1.54, 1.807) is 12.1 Å². The summed E-state index contributed by atoms with van der Waals surface area (Å²) in [5, 5.41) is 7.43. The van der Waals surface area contributed by atoms with E-state index in [2.05, 4.69) is 15.8 Å². The van der Waals surface area contributed by atoms with Gasteiger partial charge in [0.25, 0.3) is 0 Å². The summed E-state index contributed by atoms with van der Waals surface area (Å²) in [5.74, 6) is -0.842. The van der Waals surface area contributed by atoms with Gasteiger partial charge in [-0.05, 0) is 31.0 Å². The van der Waals surface area contributed by atoms with Gasteiger partial charge in [0.2, 0.25) is 11.8 Å². The molecule has 6 heteroatoms. The number of carbonyl (C=O) groups is 2. The van der Waals surface area contributed by atoms with E-state index in [0.29, 0.717) is 10.7 Å². The average Bonchev–Trinajstić information content (AvgIpc) is 2.47. The molecular weight excluding hydrogens is 302 g/mol. The lowest BCUT2D eigenvalue weighted by Gasteiger charge is -2.27. The first-order valence-corrected chi connectivity index (χ1v) is 7.72. The van der Waals surface area contributed by atoms with E-state index in [1.165, 1.54) is 0 Å². The number of nitrogens with one attached hydrogen (secondary N) is 2. The minimum absolute atomic E-state index is 0.0360. The van der Waals surface area contributed by atoms with Crippen LogP contribution in [-0.2, 0) is 9.59 Å². The fraction of sp³-hybridized carbons (Fsp3) is 0.438. The molecule has 2 amide bonds. The van der Waals surface area contributed by atoms with Gasteiger partial charge in [0.05, 0.1) is 5.92 Å². The second-order valence-electron chi connectivity index (χ2n) is 5.54. The summed E-state index contributed by atoms with van der Waals surface area (Å²) in [6, 6.07) is 5.34. The number of nitrogens with zero attached hydrogens (tertiary/aromatic N) is 1. The molecule has 22 heavy (non-hydrogen) atoms. The van der Waals surface area contributed by atoms with Crippen LogP contribution in [0.5, 0.6) is 0 Å². The van der Waals surface area contributed by atoms with Crippen LogP contribution in [-0.4, -0.2) is 17.5 Å². The molecule has 2 N–H and O–H groups in total. The molecule has 0 saturated heterocycles. The largest absolute Gasteiger partial charge is 0.326 e. The Bertz CT molecular complexity index is 628. The molecule has 1 aliphatic heterocycles. The molecule has 1 aromatic carbocycles. The fourth-order valence-electron chi connectivity index (χ4n) is 2.52. The Morgan fingerprint density at radius 2 is 2.18 bits per heavy atom. The highest BCUT2D eigenvalue weighted by Gasteiger charge is 2.33. The summed E-state index contributed by atoms with van der Waals surface area (Å²) in [6.07, 6.45) is 0.880. The lowest BCUT2D eigenvalue weighted by atomic mass is 9.84. The van der Waals surface area contributed by atoms with Crippen LogP contribution in [0.25, 0.3) is 0 Å². The van der Waals surface area contributed by atoms with Crippen LogP contribution in [0.15, 0.2) is 23.3 Å². The van der Waals surface area contributed by atoms with Crippen molar-refractivity contribution in [3.05, 3.63) is 28.8 Å². The first-order valence-electron chi connectivity index (χ1n) is 7.34. The number of anilines is 1. The molecule has 0 aromatic heterocycles. The Kier molecular flexibility index (Phi) is 5.19. The van der Waals surface area contributed by atoms with Gasteiger partial charge in [0.15, 0.2) is 0 Å². The van der Waals surface area contributed by atoms with Gasteiger partial charge in [-0.1, -0.05) is 31.5 Å². The molecule has 0 fully saturated rings. The van der Waals surface area contributed by atoms with Crippen LogP contribution in [0, 0.1) is 18.8 Å². The molecule has 0 radical (unpaired) electrons. The first-order chi connectivity index (χ1) is 10.4. The zero-order chi connectivity index (χ0) is 16.3. The van der Waals surface area contributed by atoms with E-state index in [0.717, 1.165) is 17.7 Å². The van der Waals surface area contributed by atoms with E-state index < -0.39 is 5.92 Å². The second kappa shape index (κ2) is 6.92. The van der Waals surface area contributed by atoms with Crippen molar-refractivity contribution in [1.82, 2.24) is 5.43 Å². The van der Waals surface area contributed by atoms with Crippen molar-refractivity contribution in [2.75, 3.05) is 5.32 Å². The van der Waals surface area contributed by atoms with Crippen molar-refractivity contribution in [2.45, 2.75) is 33.6 Å². The smallest absolute Gasteiger partial charge is 0.244 e. The van der Waals surface area contributed by atoms with Gasteiger partial charge >= 0.3 is 0 Å². The SMILES string of the molecule is CCC1=NNC(=O)[C@@H](CC(=O)Nc2ccc(C)c(Cl)c2)[C@H]1C. The molecule has 1 aliphatic rings. The molecule has 0 unspecified atom stereocenters. The van der Waals surface area contributed by atoms with Crippen LogP contribution in [0.4, 0.5) is 5.69 Å².